The average molecular weight is 656 g/mol. The van der Waals surface area contributed by atoms with E-state index in [1.54, 1.807) is 5.57 Å². The minimum atomic E-state index is 0.0415. The number of ether oxygens (including phenoxy) is 2. The fraction of sp³-hybridized carbons (Fsp3) is 0.955. The molecule has 47 heavy (non-hydrogen) atoms. The normalized spacial score (nSPS) is 33.3. The number of rotatable bonds is 23. The zero-order chi connectivity index (χ0) is 33.7. The molecule has 0 bridgehead atoms. The van der Waals surface area contributed by atoms with Gasteiger partial charge in [0.2, 0.25) is 0 Å². The van der Waals surface area contributed by atoms with Gasteiger partial charge in [-0.2, -0.15) is 0 Å². The second-order valence-corrected chi connectivity index (χ2v) is 18.1. The predicted molar refractivity (Wildman–Crippen MR) is 203 cm³/mol. The Kier molecular flexibility index (Phi) is 16.7. The zero-order valence-electron chi connectivity index (χ0n) is 32.5. The summed E-state index contributed by atoms with van der Waals surface area (Å²) in [6, 6.07) is 0. The standard InChI is InChI=1S/C44H81NO2/c1-7-8-9-10-11-12-13-14-15-16-17-18-30-46-38(32-45)33-47-37-26-28-43(5)36(31-37)22-23-39-41-25-24-40(35(4)21-19-20-34(2)3)44(41,6)29-27-42(39)43/h22,34-35,37-42H,7-21,23-33,45H2,1-6H3/t35-,37?,38?,39?,40-,41?,42?,43+,44-/m1/s1. The van der Waals surface area contributed by atoms with Gasteiger partial charge in [-0.3, -0.25) is 0 Å². The van der Waals surface area contributed by atoms with Gasteiger partial charge >= 0.3 is 0 Å². The number of allylic oxidation sites excluding steroid dienone is 1. The first-order chi connectivity index (χ1) is 22.7. The van der Waals surface area contributed by atoms with E-state index < -0.39 is 0 Å². The van der Waals surface area contributed by atoms with Crippen LogP contribution >= 0.6 is 0 Å². The first-order valence-corrected chi connectivity index (χ1v) is 21.4. The van der Waals surface area contributed by atoms with E-state index in [0.717, 1.165) is 55.0 Å². The molecule has 0 aromatic rings. The lowest BCUT2D eigenvalue weighted by atomic mass is 9.47. The van der Waals surface area contributed by atoms with Crippen LogP contribution in [0.4, 0.5) is 0 Å². The van der Waals surface area contributed by atoms with Crippen LogP contribution in [-0.4, -0.2) is 32.0 Å². The van der Waals surface area contributed by atoms with Gasteiger partial charge in [0.05, 0.1) is 18.8 Å². The maximum Gasteiger partial charge on any atom is 0.0930 e. The quantitative estimate of drug-likeness (QED) is 0.0880. The van der Waals surface area contributed by atoms with Gasteiger partial charge in [-0.1, -0.05) is 143 Å². The van der Waals surface area contributed by atoms with Gasteiger partial charge in [-0.15, -0.1) is 0 Å². The number of unbranched alkanes of at least 4 members (excludes halogenated alkanes) is 11. The number of hydrogen-bond acceptors (Lipinski definition) is 3. The minimum Gasteiger partial charge on any atom is -0.375 e. The molecule has 0 radical (unpaired) electrons. The highest BCUT2D eigenvalue weighted by atomic mass is 16.5. The fourth-order valence-electron chi connectivity index (χ4n) is 11.4. The van der Waals surface area contributed by atoms with E-state index in [0.29, 0.717) is 30.1 Å². The van der Waals surface area contributed by atoms with Crippen molar-refractivity contribution in [3.05, 3.63) is 11.6 Å². The van der Waals surface area contributed by atoms with E-state index in [4.69, 9.17) is 15.2 Å². The second kappa shape index (κ2) is 19.9. The molecule has 0 heterocycles. The summed E-state index contributed by atoms with van der Waals surface area (Å²) in [7, 11) is 0. The highest BCUT2D eigenvalue weighted by Crippen LogP contribution is 2.67. The van der Waals surface area contributed by atoms with Crippen molar-refractivity contribution in [3.63, 3.8) is 0 Å². The van der Waals surface area contributed by atoms with Crippen molar-refractivity contribution in [2.24, 2.45) is 52.1 Å². The lowest BCUT2D eigenvalue weighted by Gasteiger charge is -2.58. The molecule has 0 aliphatic heterocycles. The van der Waals surface area contributed by atoms with Crippen LogP contribution in [0.1, 0.15) is 189 Å². The van der Waals surface area contributed by atoms with Gasteiger partial charge < -0.3 is 15.2 Å². The highest BCUT2D eigenvalue weighted by Gasteiger charge is 2.59. The van der Waals surface area contributed by atoms with Crippen LogP contribution in [0.3, 0.4) is 0 Å². The highest BCUT2D eigenvalue weighted by molar-refractivity contribution is 5.25. The van der Waals surface area contributed by atoms with E-state index in [1.807, 2.05) is 0 Å². The molecule has 274 valence electrons. The predicted octanol–water partition coefficient (Wildman–Crippen LogP) is 12.5. The third-order valence-corrected chi connectivity index (χ3v) is 14.4. The topological polar surface area (TPSA) is 44.5 Å². The Hall–Kier alpha value is -0.380. The molecule has 3 saturated carbocycles. The van der Waals surface area contributed by atoms with Crippen LogP contribution in [0.25, 0.3) is 0 Å². The average Bonchev–Trinajstić information content (AvgIpc) is 3.41. The molecule has 4 aliphatic rings. The molecule has 9 atom stereocenters. The lowest BCUT2D eigenvalue weighted by molar-refractivity contribution is -0.0777. The summed E-state index contributed by atoms with van der Waals surface area (Å²) in [6.45, 7) is 17.1. The Morgan fingerprint density at radius 3 is 2.13 bits per heavy atom. The number of fused-ring (bicyclic) bond motifs is 5. The van der Waals surface area contributed by atoms with Crippen molar-refractivity contribution in [2.45, 2.75) is 201 Å². The van der Waals surface area contributed by atoms with Crippen molar-refractivity contribution >= 4 is 0 Å². The molecule has 0 amide bonds. The largest absolute Gasteiger partial charge is 0.375 e. The van der Waals surface area contributed by atoms with E-state index in [-0.39, 0.29) is 6.10 Å². The molecular weight excluding hydrogens is 574 g/mol. The van der Waals surface area contributed by atoms with Gasteiger partial charge in [-0.05, 0) is 104 Å². The molecular formula is C44H81NO2. The van der Waals surface area contributed by atoms with Crippen LogP contribution in [-0.2, 0) is 9.47 Å². The van der Waals surface area contributed by atoms with Gasteiger partial charge in [0.15, 0.2) is 0 Å². The molecule has 4 aliphatic carbocycles. The molecule has 3 nitrogen and oxygen atoms in total. The molecule has 3 heteroatoms. The third-order valence-electron chi connectivity index (χ3n) is 14.4. The summed E-state index contributed by atoms with van der Waals surface area (Å²) >= 11 is 0. The monoisotopic (exact) mass is 656 g/mol. The third kappa shape index (κ3) is 10.8. The molecule has 0 aromatic carbocycles. The van der Waals surface area contributed by atoms with Crippen LogP contribution in [0, 0.1) is 46.3 Å². The Morgan fingerprint density at radius 2 is 1.47 bits per heavy atom. The van der Waals surface area contributed by atoms with Crippen molar-refractivity contribution in [2.75, 3.05) is 19.8 Å². The summed E-state index contributed by atoms with van der Waals surface area (Å²) in [5.41, 5.74) is 8.84. The molecule has 3 fully saturated rings. The Labute approximate surface area is 293 Å². The van der Waals surface area contributed by atoms with E-state index >= 15 is 0 Å². The minimum absolute atomic E-state index is 0.0415. The smallest absolute Gasteiger partial charge is 0.0930 e. The lowest BCUT2D eigenvalue weighted by Crippen LogP contribution is -2.51. The maximum atomic E-state index is 6.56. The number of hydrogen-bond donors (Lipinski definition) is 1. The summed E-state index contributed by atoms with van der Waals surface area (Å²) in [5.74, 6) is 5.41. The van der Waals surface area contributed by atoms with Crippen LogP contribution in [0.2, 0.25) is 0 Å². The zero-order valence-corrected chi connectivity index (χ0v) is 32.5. The fourth-order valence-corrected chi connectivity index (χ4v) is 11.4. The maximum absolute atomic E-state index is 6.56. The molecule has 0 aromatic heterocycles. The van der Waals surface area contributed by atoms with Crippen molar-refractivity contribution in [3.8, 4) is 0 Å². The summed E-state index contributed by atoms with van der Waals surface area (Å²) in [5, 5.41) is 0. The summed E-state index contributed by atoms with van der Waals surface area (Å²) in [4.78, 5) is 0. The van der Waals surface area contributed by atoms with Gasteiger partial charge in [0.1, 0.15) is 0 Å². The van der Waals surface area contributed by atoms with Gasteiger partial charge in [-0.25, -0.2) is 0 Å². The Bertz CT molecular complexity index is 899. The summed E-state index contributed by atoms with van der Waals surface area (Å²) in [6.07, 6.45) is 34.7. The second-order valence-electron chi connectivity index (χ2n) is 18.1. The van der Waals surface area contributed by atoms with Crippen LogP contribution < -0.4 is 5.73 Å². The summed E-state index contributed by atoms with van der Waals surface area (Å²) < 4.78 is 12.8. The van der Waals surface area contributed by atoms with Crippen LogP contribution in [0.5, 0.6) is 0 Å². The SMILES string of the molecule is CCCCCCCCCCCCCCOC(CN)COC1CC[C@@]2(C)C(=CCC3C2CC[C@@]2(C)C3CC[C@@H]2[C@H](C)CCCC(C)C)C1. The van der Waals surface area contributed by atoms with Crippen molar-refractivity contribution in [1.82, 2.24) is 0 Å². The van der Waals surface area contributed by atoms with Crippen molar-refractivity contribution < 1.29 is 9.47 Å². The molecule has 4 rings (SSSR count). The molecule has 5 unspecified atom stereocenters. The van der Waals surface area contributed by atoms with E-state index in [1.165, 1.54) is 135 Å². The Morgan fingerprint density at radius 1 is 0.787 bits per heavy atom. The Balaban J connectivity index is 1.14. The molecule has 2 N–H and O–H groups in total. The van der Waals surface area contributed by atoms with Crippen molar-refractivity contribution in [1.29, 1.82) is 0 Å². The van der Waals surface area contributed by atoms with E-state index in [9.17, 15) is 0 Å². The van der Waals surface area contributed by atoms with Gasteiger partial charge in [0, 0.05) is 13.2 Å². The van der Waals surface area contributed by atoms with Crippen LogP contribution in [0.15, 0.2) is 11.6 Å². The van der Waals surface area contributed by atoms with Gasteiger partial charge in [0.25, 0.3) is 0 Å². The molecule has 0 saturated heterocycles. The first kappa shape index (κ1) is 39.4. The van der Waals surface area contributed by atoms with E-state index in [2.05, 4.69) is 47.6 Å². The number of nitrogens with two attached hydrogens (primary N) is 1. The molecule has 0 spiro atoms. The first-order valence-electron chi connectivity index (χ1n) is 21.4.